The molecule has 1 atom stereocenters. The SMILES string of the molecule is COc1ccc(S(=O)(=O)N(CC(=O)N(Cc2ccc(Cl)c(Cl)c2)[C@H](C)C(=O)NC(C)C)c2ccc(C)cc2)cc1Br. The molecule has 0 aliphatic heterocycles. The molecule has 220 valence electrons. The number of nitrogens with zero attached hydrogens (tertiary/aromatic N) is 2. The lowest BCUT2D eigenvalue weighted by molar-refractivity contribution is -0.139. The van der Waals surface area contributed by atoms with Gasteiger partial charge in [0, 0.05) is 12.6 Å². The first-order valence-electron chi connectivity index (χ1n) is 12.7. The maximum absolute atomic E-state index is 14.0. The summed E-state index contributed by atoms with van der Waals surface area (Å²) in [6, 6.07) is 15.0. The van der Waals surface area contributed by atoms with Gasteiger partial charge >= 0.3 is 0 Å². The summed E-state index contributed by atoms with van der Waals surface area (Å²) in [5.74, 6) is -0.504. The summed E-state index contributed by atoms with van der Waals surface area (Å²) >= 11 is 15.6. The Labute approximate surface area is 259 Å². The Bertz CT molecular complexity index is 1520. The number of rotatable bonds is 11. The van der Waals surface area contributed by atoms with Crippen LogP contribution in [0.1, 0.15) is 31.9 Å². The van der Waals surface area contributed by atoms with Crippen LogP contribution in [0.5, 0.6) is 5.75 Å². The third-order valence-corrected chi connectivity index (χ3v) is 9.38. The molecule has 12 heteroatoms. The van der Waals surface area contributed by atoms with Gasteiger partial charge in [-0.25, -0.2) is 8.42 Å². The van der Waals surface area contributed by atoms with Crippen molar-refractivity contribution in [3.63, 3.8) is 0 Å². The van der Waals surface area contributed by atoms with Gasteiger partial charge in [-0.2, -0.15) is 0 Å². The zero-order valence-corrected chi connectivity index (χ0v) is 27.2. The predicted molar refractivity (Wildman–Crippen MR) is 166 cm³/mol. The molecule has 0 heterocycles. The lowest BCUT2D eigenvalue weighted by Crippen LogP contribution is -2.52. The van der Waals surface area contributed by atoms with Crippen LogP contribution in [0.2, 0.25) is 10.0 Å². The maximum Gasteiger partial charge on any atom is 0.264 e. The second kappa shape index (κ2) is 13.9. The molecule has 0 aliphatic rings. The van der Waals surface area contributed by atoms with Crippen molar-refractivity contribution in [3.05, 3.63) is 86.3 Å². The molecule has 3 aromatic carbocycles. The van der Waals surface area contributed by atoms with Crippen molar-refractivity contribution < 1.29 is 22.7 Å². The molecule has 41 heavy (non-hydrogen) atoms. The van der Waals surface area contributed by atoms with Gasteiger partial charge in [0.05, 0.1) is 32.2 Å². The van der Waals surface area contributed by atoms with E-state index in [0.717, 1.165) is 9.87 Å². The summed E-state index contributed by atoms with van der Waals surface area (Å²) in [5.41, 5.74) is 1.84. The van der Waals surface area contributed by atoms with E-state index in [4.69, 9.17) is 27.9 Å². The molecule has 0 fully saturated rings. The number of sulfonamides is 1. The van der Waals surface area contributed by atoms with Crippen LogP contribution in [0.3, 0.4) is 0 Å². The van der Waals surface area contributed by atoms with E-state index >= 15 is 0 Å². The van der Waals surface area contributed by atoms with Crippen molar-refractivity contribution >= 4 is 66.7 Å². The molecular weight excluding hydrogens is 653 g/mol. The number of aryl methyl sites for hydroxylation is 1. The van der Waals surface area contributed by atoms with Gasteiger partial charge < -0.3 is 15.0 Å². The van der Waals surface area contributed by atoms with E-state index in [1.54, 1.807) is 49.4 Å². The quantitative estimate of drug-likeness (QED) is 0.259. The number of ether oxygens (including phenoxy) is 1. The highest BCUT2D eigenvalue weighted by Gasteiger charge is 2.33. The number of carbonyl (C=O) groups is 2. The van der Waals surface area contributed by atoms with Crippen LogP contribution in [-0.2, 0) is 26.2 Å². The smallest absolute Gasteiger partial charge is 0.264 e. The zero-order valence-electron chi connectivity index (χ0n) is 23.3. The Morgan fingerprint density at radius 2 is 1.63 bits per heavy atom. The van der Waals surface area contributed by atoms with Gasteiger partial charge in [0.15, 0.2) is 0 Å². The minimum atomic E-state index is -4.23. The van der Waals surface area contributed by atoms with Crippen molar-refractivity contribution in [1.29, 1.82) is 0 Å². The van der Waals surface area contributed by atoms with Gasteiger partial charge in [0.1, 0.15) is 18.3 Å². The first-order chi connectivity index (χ1) is 19.2. The highest BCUT2D eigenvalue weighted by atomic mass is 79.9. The molecule has 3 rings (SSSR count). The van der Waals surface area contributed by atoms with Gasteiger partial charge in [0.25, 0.3) is 10.0 Å². The van der Waals surface area contributed by atoms with Crippen LogP contribution in [-0.4, -0.2) is 50.9 Å². The van der Waals surface area contributed by atoms with Crippen LogP contribution in [0.15, 0.2) is 70.0 Å². The van der Waals surface area contributed by atoms with Crippen LogP contribution in [0.25, 0.3) is 0 Å². The van der Waals surface area contributed by atoms with E-state index in [0.29, 0.717) is 31.5 Å². The maximum atomic E-state index is 14.0. The van der Waals surface area contributed by atoms with E-state index in [-0.39, 0.29) is 23.4 Å². The summed E-state index contributed by atoms with van der Waals surface area (Å²) < 4.78 is 34.7. The minimum absolute atomic E-state index is 0.00171. The molecule has 0 spiro atoms. The number of benzene rings is 3. The Kier molecular flexibility index (Phi) is 11.1. The van der Waals surface area contributed by atoms with Crippen molar-refractivity contribution in [2.45, 2.75) is 51.2 Å². The van der Waals surface area contributed by atoms with Crippen molar-refractivity contribution in [3.8, 4) is 5.75 Å². The normalized spacial score (nSPS) is 12.1. The third kappa shape index (κ3) is 8.16. The monoisotopic (exact) mass is 683 g/mol. The number of halogens is 3. The first-order valence-corrected chi connectivity index (χ1v) is 15.7. The number of anilines is 1. The average molecular weight is 685 g/mol. The number of carbonyl (C=O) groups excluding carboxylic acids is 2. The predicted octanol–water partition coefficient (Wildman–Crippen LogP) is 6.21. The molecule has 1 N–H and O–H groups in total. The van der Waals surface area contributed by atoms with Gasteiger partial charge in [-0.3, -0.25) is 13.9 Å². The van der Waals surface area contributed by atoms with E-state index in [1.165, 1.54) is 30.2 Å². The van der Waals surface area contributed by atoms with Crippen molar-refractivity contribution in [2.75, 3.05) is 18.0 Å². The minimum Gasteiger partial charge on any atom is -0.496 e. The molecular formula is C29H32BrCl2N3O5S. The van der Waals surface area contributed by atoms with Gasteiger partial charge in [-0.1, -0.05) is 47.0 Å². The van der Waals surface area contributed by atoms with Crippen LogP contribution >= 0.6 is 39.1 Å². The van der Waals surface area contributed by atoms with E-state index in [1.807, 2.05) is 20.8 Å². The lowest BCUT2D eigenvalue weighted by atomic mass is 10.1. The molecule has 0 bridgehead atoms. The molecule has 2 amide bonds. The van der Waals surface area contributed by atoms with E-state index in [9.17, 15) is 18.0 Å². The van der Waals surface area contributed by atoms with Gasteiger partial charge in [-0.15, -0.1) is 0 Å². The topological polar surface area (TPSA) is 96.0 Å². The number of hydrogen-bond acceptors (Lipinski definition) is 5. The summed E-state index contributed by atoms with van der Waals surface area (Å²) in [5, 5.41) is 3.46. The molecule has 8 nitrogen and oxygen atoms in total. The van der Waals surface area contributed by atoms with E-state index < -0.39 is 28.5 Å². The molecule has 3 aromatic rings. The van der Waals surface area contributed by atoms with Crippen molar-refractivity contribution in [2.24, 2.45) is 0 Å². The Morgan fingerprint density at radius 1 is 0.976 bits per heavy atom. The number of hydrogen-bond donors (Lipinski definition) is 1. The lowest BCUT2D eigenvalue weighted by Gasteiger charge is -2.32. The fourth-order valence-corrected chi connectivity index (χ4v) is 6.45. The summed E-state index contributed by atoms with van der Waals surface area (Å²) in [6.07, 6.45) is 0. The highest BCUT2D eigenvalue weighted by Crippen LogP contribution is 2.31. The molecule has 0 saturated heterocycles. The molecule has 0 unspecified atom stereocenters. The number of methoxy groups -OCH3 is 1. The first kappa shape index (κ1) is 32.7. The summed E-state index contributed by atoms with van der Waals surface area (Å²) in [4.78, 5) is 28.3. The molecule has 0 saturated carbocycles. The van der Waals surface area contributed by atoms with E-state index in [2.05, 4.69) is 21.2 Å². The van der Waals surface area contributed by atoms with Gasteiger partial charge in [0.2, 0.25) is 11.8 Å². The number of nitrogens with one attached hydrogen (secondary N) is 1. The Morgan fingerprint density at radius 3 is 2.20 bits per heavy atom. The molecule has 0 radical (unpaired) electrons. The molecule has 0 aliphatic carbocycles. The molecule has 0 aromatic heterocycles. The van der Waals surface area contributed by atoms with Crippen molar-refractivity contribution in [1.82, 2.24) is 10.2 Å². The largest absolute Gasteiger partial charge is 0.496 e. The highest BCUT2D eigenvalue weighted by molar-refractivity contribution is 9.10. The third-order valence-electron chi connectivity index (χ3n) is 6.25. The summed E-state index contributed by atoms with van der Waals surface area (Å²) in [7, 11) is -2.76. The fraction of sp³-hybridized carbons (Fsp3) is 0.310. The van der Waals surface area contributed by atoms with Gasteiger partial charge in [-0.05, 0) is 91.7 Å². The van der Waals surface area contributed by atoms with Crippen LogP contribution in [0, 0.1) is 6.92 Å². The number of amides is 2. The second-order valence-corrected chi connectivity index (χ2v) is 13.3. The fourth-order valence-electron chi connectivity index (χ4n) is 4.00. The Balaban J connectivity index is 2.06. The van der Waals surface area contributed by atoms with Crippen LogP contribution < -0.4 is 14.4 Å². The Hall–Kier alpha value is -2.79. The second-order valence-electron chi connectivity index (χ2n) is 9.75. The standard InChI is InChI=1S/C29H32BrCl2N3O5S/c1-18(2)33-29(37)20(4)34(16-21-8-12-25(31)26(32)14-21)28(36)17-35(22-9-6-19(3)7-10-22)41(38,39)23-11-13-27(40-5)24(30)15-23/h6-15,18,20H,16-17H2,1-5H3,(H,33,37)/t20-/m1/s1. The average Bonchev–Trinajstić information content (AvgIpc) is 2.91. The zero-order chi connectivity index (χ0) is 30.5. The summed E-state index contributed by atoms with van der Waals surface area (Å²) in [6.45, 7) is 6.54. The van der Waals surface area contributed by atoms with Crippen LogP contribution in [0.4, 0.5) is 5.69 Å².